The van der Waals surface area contributed by atoms with Crippen molar-refractivity contribution in [2.45, 2.75) is 57.2 Å². The molecule has 1 aliphatic heterocycles. The van der Waals surface area contributed by atoms with Crippen LogP contribution in [0, 0.1) is 0 Å². The summed E-state index contributed by atoms with van der Waals surface area (Å²) in [5.41, 5.74) is 0.986. The topological polar surface area (TPSA) is 44.3 Å². The molecule has 3 atom stereocenters. The summed E-state index contributed by atoms with van der Waals surface area (Å²) >= 11 is 0. The van der Waals surface area contributed by atoms with E-state index >= 15 is 0 Å². The zero-order valence-corrected chi connectivity index (χ0v) is 12.5. The van der Waals surface area contributed by atoms with Crippen molar-refractivity contribution in [2.75, 3.05) is 13.1 Å². The smallest absolute Gasteiger partial charge is 0.0914 e. The number of nitrogens with one attached hydrogen (secondary N) is 2. The maximum absolute atomic E-state index is 10.1. The Bertz CT molecular complexity index is 361. The van der Waals surface area contributed by atoms with Crippen molar-refractivity contribution in [1.82, 2.24) is 10.6 Å². The van der Waals surface area contributed by atoms with Crippen molar-refractivity contribution in [3.05, 3.63) is 35.9 Å². The number of hydrogen-bond donors (Lipinski definition) is 3. The predicted molar refractivity (Wildman–Crippen MR) is 83.7 cm³/mol. The van der Waals surface area contributed by atoms with Crippen molar-refractivity contribution in [1.29, 1.82) is 0 Å². The van der Waals surface area contributed by atoms with Gasteiger partial charge in [0.15, 0.2) is 0 Å². The average molecular weight is 276 g/mol. The highest BCUT2D eigenvalue weighted by molar-refractivity contribution is 5.17. The maximum Gasteiger partial charge on any atom is 0.0914 e. The lowest BCUT2D eigenvalue weighted by Gasteiger charge is -2.22. The summed E-state index contributed by atoms with van der Waals surface area (Å²) in [5.74, 6) is 0. The molecule has 0 radical (unpaired) electrons. The monoisotopic (exact) mass is 276 g/mol. The van der Waals surface area contributed by atoms with Gasteiger partial charge in [0.05, 0.1) is 6.10 Å². The number of aliphatic hydroxyl groups is 1. The van der Waals surface area contributed by atoms with Crippen LogP contribution in [0.1, 0.15) is 50.7 Å². The van der Waals surface area contributed by atoms with Gasteiger partial charge in [0, 0.05) is 18.6 Å². The molecule has 1 aromatic carbocycles. The van der Waals surface area contributed by atoms with Gasteiger partial charge in [-0.3, -0.25) is 0 Å². The molecule has 0 aliphatic carbocycles. The second-order valence-corrected chi connectivity index (χ2v) is 5.97. The van der Waals surface area contributed by atoms with E-state index in [4.69, 9.17) is 0 Å². The van der Waals surface area contributed by atoms with Crippen molar-refractivity contribution < 1.29 is 5.11 Å². The lowest BCUT2D eigenvalue weighted by atomic mass is 10.0. The molecule has 1 aromatic rings. The van der Waals surface area contributed by atoms with Gasteiger partial charge in [0.2, 0.25) is 0 Å². The van der Waals surface area contributed by atoms with E-state index < -0.39 is 6.10 Å². The van der Waals surface area contributed by atoms with Gasteiger partial charge in [-0.25, -0.2) is 0 Å². The molecule has 1 saturated heterocycles. The highest BCUT2D eigenvalue weighted by Gasteiger charge is 2.15. The molecule has 2 rings (SSSR count). The van der Waals surface area contributed by atoms with E-state index in [9.17, 15) is 5.11 Å². The Morgan fingerprint density at radius 3 is 2.85 bits per heavy atom. The summed E-state index contributed by atoms with van der Waals surface area (Å²) in [6.07, 6.45) is 6.02. The largest absolute Gasteiger partial charge is 0.387 e. The molecular weight excluding hydrogens is 248 g/mol. The number of hydrogen-bond acceptors (Lipinski definition) is 3. The minimum absolute atomic E-state index is 0.416. The third kappa shape index (κ3) is 5.23. The van der Waals surface area contributed by atoms with Gasteiger partial charge in [0.1, 0.15) is 0 Å². The average Bonchev–Trinajstić information content (AvgIpc) is 2.74. The molecule has 3 N–H and O–H groups in total. The van der Waals surface area contributed by atoms with E-state index in [1.54, 1.807) is 0 Å². The van der Waals surface area contributed by atoms with Crippen LogP contribution in [0.5, 0.6) is 0 Å². The van der Waals surface area contributed by atoms with Gasteiger partial charge in [-0.1, -0.05) is 43.2 Å². The SMILES string of the molecule is CC(CC1CCCCCN1)NCC(O)c1ccccc1. The van der Waals surface area contributed by atoms with Crippen LogP contribution >= 0.6 is 0 Å². The second-order valence-electron chi connectivity index (χ2n) is 5.97. The molecule has 0 saturated carbocycles. The molecule has 1 heterocycles. The first-order chi connectivity index (χ1) is 9.75. The van der Waals surface area contributed by atoms with Crippen LogP contribution in [0.25, 0.3) is 0 Å². The predicted octanol–water partition coefficient (Wildman–Crippen LogP) is 2.62. The van der Waals surface area contributed by atoms with Gasteiger partial charge in [-0.05, 0) is 38.3 Å². The zero-order chi connectivity index (χ0) is 14.2. The third-order valence-electron chi connectivity index (χ3n) is 4.14. The van der Waals surface area contributed by atoms with Crippen LogP contribution in [0.4, 0.5) is 0 Å². The lowest BCUT2D eigenvalue weighted by Crippen LogP contribution is -2.38. The maximum atomic E-state index is 10.1. The van der Waals surface area contributed by atoms with Crippen LogP contribution in [0.3, 0.4) is 0 Å². The van der Waals surface area contributed by atoms with E-state index in [-0.39, 0.29) is 0 Å². The minimum atomic E-state index is -0.416. The summed E-state index contributed by atoms with van der Waals surface area (Å²) in [4.78, 5) is 0. The molecular formula is C17H28N2O. The molecule has 3 heteroatoms. The second kappa shape index (κ2) is 8.40. The van der Waals surface area contributed by atoms with Crippen molar-refractivity contribution in [3.8, 4) is 0 Å². The van der Waals surface area contributed by atoms with Gasteiger partial charge in [0.25, 0.3) is 0 Å². The Balaban J connectivity index is 1.70. The standard InChI is InChI=1S/C17H28N2O/c1-14(12-16-10-6-3-7-11-18-16)19-13-17(20)15-8-4-2-5-9-15/h2,4-5,8-9,14,16-20H,3,6-7,10-13H2,1H3. The van der Waals surface area contributed by atoms with E-state index in [0.717, 1.165) is 18.5 Å². The first kappa shape index (κ1) is 15.5. The Hall–Kier alpha value is -0.900. The summed E-state index contributed by atoms with van der Waals surface area (Å²) in [7, 11) is 0. The molecule has 0 bridgehead atoms. The number of rotatable bonds is 6. The van der Waals surface area contributed by atoms with Crippen LogP contribution in [0.15, 0.2) is 30.3 Å². The molecule has 112 valence electrons. The van der Waals surface area contributed by atoms with Crippen LogP contribution in [0.2, 0.25) is 0 Å². The quantitative estimate of drug-likeness (QED) is 0.748. The minimum Gasteiger partial charge on any atom is -0.387 e. The Kier molecular flexibility index (Phi) is 6.51. The van der Waals surface area contributed by atoms with Gasteiger partial charge < -0.3 is 15.7 Å². The molecule has 0 spiro atoms. The molecule has 3 unspecified atom stereocenters. The van der Waals surface area contributed by atoms with Crippen molar-refractivity contribution >= 4 is 0 Å². The van der Waals surface area contributed by atoms with Crippen molar-refractivity contribution in [3.63, 3.8) is 0 Å². The van der Waals surface area contributed by atoms with E-state index in [2.05, 4.69) is 17.6 Å². The first-order valence-electron chi connectivity index (χ1n) is 7.95. The highest BCUT2D eigenvalue weighted by Crippen LogP contribution is 2.14. The number of benzene rings is 1. The Morgan fingerprint density at radius 1 is 1.25 bits per heavy atom. The molecule has 0 amide bonds. The van der Waals surface area contributed by atoms with Crippen LogP contribution in [-0.4, -0.2) is 30.3 Å². The van der Waals surface area contributed by atoms with Gasteiger partial charge in [-0.2, -0.15) is 0 Å². The molecule has 20 heavy (non-hydrogen) atoms. The summed E-state index contributed by atoms with van der Waals surface area (Å²) < 4.78 is 0. The summed E-state index contributed by atoms with van der Waals surface area (Å²) in [6.45, 7) is 3.99. The van der Waals surface area contributed by atoms with Gasteiger partial charge in [-0.15, -0.1) is 0 Å². The highest BCUT2D eigenvalue weighted by atomic mass is 16.3. The fraction of sp³-hybridized carbons (Fsp3) is 0.647. The van der Waals surface area contributed by atoms with Gasteiger partial charge >= 0.3 is 0 Å². The lowest BCUT2D eigenvalue weighted by molar-refractivity contribution is 0.169. The third-order valence-corrected chi connectivity index (χ3v) is 4.14. The fourth-order valence-corrected chi connectivity index (χ4v) is 2.92. The number of aliphatic hydroxyl groups excluding tert-OH is 1. The fourth-order valence-electron chi connectivity index (χ4n) is 2.92. The van der Waals surface area contributed by atoms with E-state index in [1.807, 2.05) is 30.3 Å². The molecule has 3 nitrogen and oxygen atoms in total. The zero-order valence-electron chi connectivity index (χ0n) is 12.5. The van der Waals surface area contributed by atoms with E-state index in [0.29, 0.717) is 18.6 Å². The first-order valence-corrected chi connectivity index (χ1v) is 7.95. The van der Waals surface area contributed by atoms with E-state index in [1.165, 1.54) is 25.7 Å². The molecule has 1 aliphatic rings. The molecule has 0 aromatic heterocycles. The Morgan fingerprint density at radius 2 is 2.05 bits per heavy atom. The molecule has 1 fully saturated rings. The van der Waals surface area contributed by atoms with Crippen molar-refractivity contribution in [2.24, 2.45) is 0 Å². The normalized spacial score (nSPS) is 23.0. The van der Waals surface area contributed by atoms with Crippen LogP contribution < -0.4 is 10.6 Å². The summed E-state index contributed by atoms with van der Waals surface area (Å²) in [6, 6.07) is 10.9. The Labute approximate surface area is 122 Å². The van der Waals surface area contributed by atoms with Crippen LogP contribution in [-0.2, 0) is 0 Å². The summed E-state index contributed by atoms with van der Waals surface area (Å²) in [5, 5.41) is 17.2.